The average Bonchev–Trinajstić information content (AvgIpc) is 3.70. The summed E-state index contributed by atoms with van der Waals surface area (Å²) in [6.07, 6.45) is 14.2. The Morgan fingerprint density at radius 2 is 1.77 bits per heavy atom. The van der Waals surface area contributed by atoms with E-state index in [-0.39, 0.29) is 60.7 Å². The third kappa shape index (κ3) is 11.2. The van der Waals surface area contributed by atoms with E-state index in [1.165, 1.54) is 0 Å². The smallest absolute Gasteiger partial charge is 0.313 e. The van der Waals surface area contributed by atoms with Crippen LogP contribution in [-0.4, -0.2) is 127 Å². The minimum absolute atomic E-state index is 0.0373. The van der Waals surface area contributed by atoms with Crippen LogP contribution in [0.4, 0.5) is 0 Å². The zero-order valence-electron chi connectivity index (χ0n) is 40.6. The molecule has 1 spiro atoms. The molecule has 0 aromatic heterocycles. The molecule has 13 nitrogen and oxygen atoms in total. The van der Waals surface area contributed by atoms with Crippen molar-refractivity contribution in [2.24, 2.45) is 29.6 Å². The molecule has 3 N–H and O–H groups in total. The van der Waals surface area contributed by atoms with E-state index in [2.05, 4.69) is 64.7 Å². The maximum absolute atomic E-state index is 14.4. The molecule has 0 radical (unpaired) electrons. The van der Waals surface area contributed by atoms with Gasteiger partial charge in [-0.15, -0.1) is 6.58 Å². The van der Waals surface area contributed by atoms with Gasteiger partial charge in [-0.25, -0.2) is 0 Å². The van der Waals surface area contributed by atoms with Gasteiger partial charge in [0, 0.05) is 57.1 Å². The number of esters is 1. The molecule has 65 heavy (non-hydrogen) atoms. The first-order valence-electron chi connectivity index (χ1n) is 24.4. The van der Waals surface area contributed by atoms with Gasteiger partial charge in [-0.05, 0) is 76.2 Å². The van der Waals surface area contributed by atoms with Gasteiger partial charge >= 0.3 is 5.97 Å². The Bertz CT molecular complexity index is 1800. The summed E-state index contributed by atoms with van der Waals surface area (Å²) < 4.78 is 59.2. The monoisotopic (exact) mass is 910 g/mol. The molecule has 4 fully saturated rings. The summed E-state index contributed by atoms with van der Waals surface area (Å²) in [4.78, 5) is 14.4. The van der Waals surface area contributed by atoms with Gasteiger partial charge in [0.15, 0.2) is 18.4 Å². The number of hydrogen-bond acceptors (Lipinski definition) is 13. The standard InChI is InChI=1S/C52H79NO12/c1-12-21-53-51(10)35(9)60-44(26-42(51)54)63-48-34(8)59-43(25-41(48)57-11)62-47-31(5)15-14-16-36-28-58-49-45(36)39(23-33(7)46(49)55)50(56)61-38-24-37(18-17-32(47)6)64-52(27-38)20-19-30(4)40(65-52)22-29(3)13-2/h12,14-17,19-20,23,29-31,34-35,37-49,53-55H,1,13,18,21-22,24-28H2,2-11H3/b15-14+,32-17+,36-16+/t29?,30-,31-,34?,35?,37?,38?,39+,40?,41?,42?,43-,44-,45?,46?,47-,48-,49?,51-,52?/m0/s1. The number of aliphatic hydroxyl groups excluding tert-OH is 2. The Labute approximate surface area is 387 Å². The lowest BCUT2D eigenvalue weighted by atomic mass is 9.75. The van der Waals surface area contributed by atoms with Crippen LogP contribution in [0.15, 0.2) is 71.9 Å². The van der Waals surface area contributed by atoms with Crippen molar-refractivity contribution in [2.75, 3.05) is 20.3 Å². The Morgan fingerprint density at radius 3 is 2.49 bits per heavy atom. The van der Waals surface area contributed by atoms with Crippen LogP contribution in [0.5, 0.6) is 0 Å². The van der Waals surface area contributed by atoms with E-state index in [0.29, 0.717) is 50.3 Å². The summed E-state index contributed by atoms with van der Waals surface area (Å²) in [5.74, 6) is -1.76. The number of nitrogens with one attached hydrogen (secondary N) is 1. The van der Waals surface area contributed by atoms with Crippen LogP contribution in [0.1, 0.15) is 107 Å². The van der Waals surface area contributed by atoms with Crippen LogP contribution in [-0.2, 0) is 47.4 Å². The van der Waals surface area contributed by atoms with E-state index in [0.717, 1.165) is 24.0 Å². The molecule has 2 bridgehead atoms. The maximum atomic E-state index is 14.4. The fraction of sp³-hybridized carbons (Fsp3) is 0.750. The van der Waals surface area contributed by atoms with Crippen molar-refractivity contribution in [1.29, 1.82) is 0 Å². The number of carbonyl (C=O) groups excluding carboxylic acids is 1. The van der Waals surface area contributed by atoms with E-state index < -0.39 is 66.4 Å². The van der Waals surface area contributed by atoms with Crippen LogP contribution in [0, 0.1) is 29.6 Å². The minimum atomic E-state index is -1.04. The van der Waals surface area contributed by atoms with Crippen molar-refractivity contribution in [3.8, 4) is 0 Å². The predicted octanol–water partition coefficient (Wildman–Crippen LogP) is 7.17. The van der Waals surface area contributed by atoms with Gasteiger partial charge in [0.05, 0.1) is 66.9 Å². The molecule has 6 heterocycles. The largest absolute Gasteiger partial charge is 0.462 e. The van der Waals surface area contributed by atoms with Crippen molar-refractivity contribution in [2.45, 2.75) is 198 Å². The molecule has 1 aliphatic carbocycles. The molecular formula is C52H79NO12. The first-order valence-corrected chi connectivity index (χ1v) is 24.4. The van der Waals surface area contributed by atoms with Gasteiger partial charge in [-0.2, -0.15) is 0 Å². The topological polar surface area (TPSA) is 153 Å². The second-order valence-corrected chi connectivity index (χ2v) is 20.4. The number of carbonyl (C=O) groups is 1. The molecule has 12 unspecified atom stereocenters. The number of aliphatic hydroxyl groups is 2. The van der Waals surface area contributed by atoms with Gasteiger partial charge < -0.3 is 58.2 Å². The molecule has 0 amide bonds. The van der Waals surface area contributed by atoms with Gasteiger partial charge in [0.2, 0.25) is 0 Å². The summed E-state index contributed by atoms with van der Waals surface area (Å²) in [7, 11) is 1.67. The summed E-state index contributed by atoms with van der Waals surface area (Å²) in [6, 6.07) is 0. The zero-order chi connectivity index (χ0) is 46.8. The summed E-state index contributed by atoms with van der Waals surface area (Å²) >= 11 is 0. The molecule has 6 aliphatic heterocycles. The SMILES string of the molecule is C=CCN[C@]1(C)C(O)C[C@H](O[C@H]2C(C)O[C@@H](O[C@@H]3/C(C)=C/CC4CC(CC5(C=C[C@H](C)C(CC(C)CC)O5)O4)OC(=O)[C@@H]4C=C(C)C(O)C5OC/C(=C\C=C\[C@@H]3C)C54)CC2OC)OC1C. The highest BCUT2D eigenvalue weighted by Crippen LogP contribution is 2.45. The number of ether oxygens (including phenoxy) is 9. The molecule has 20 atom stereocenters. The normalized spacial score (nSPS) is 47.4. The number of rotatable bonds is 11. The van der Waals surface area contributed by atoms with Crippen LogP contribution < -0.4 is 5.32 Å². The Hall–Kier alpha value is -2.53. The predicted molar refractivity (Wildman–Crippen MR) is 246 cm³/mol. The van der Waals surface area contributed by atoms with Crippen molar-refractivity contribution < 1.29 is 57.6 Å². The maximum Gasteiger partial charge on any atom is 0.313 e. The Balaban J connectivity index is 1.14. The summed E-state index contributed by atoms with van der Waals surface area (Å²) in [6.45, 7) is 23.2. The Kier molecular flexibility index (Phi) is 16.6. The number of methoxy groups -OCH3 is 1. The van der Waals surface area contributed by atoms with Crippen LogP contribution in [0.2, 0.25) is 0 Å². The first kappa shape index (κ1) is 50.3. The highest BCUT2D eigenvalue weighted by molar-refractivity contribution is 5.76. The van der Waals surface area contributed by atoms with Gasteiger partial charge in [-0.3, -0.25) is 4.79 Å². The van der Waals surface area contributed by atoms with Crippen LogP contribution >= 0.6 is 0 Å². The fourth-order valence-corrected chi connectivity index (χ4v) is 11.0. The lowest BCUT2D eigenvalue weighted by Crippen LogP contribution is -2.65. The molecule has 0 aromatic carbocycles. The molecular weight excluding hydrogens is 831 g/mol. The highest BCUT2D eigenvalue weighted by Gasteiger charge is 2.52. The number of allylic oxidation sites excluding steroid dienone is 2. The highest BCUT2D eigenvalue weighted by atomic mass is 16.7. The second-order valence-electron chi connectivity index (χ2n) is 20.4. The van der Waals surface area contributed by atoms with E-state index in [4.69, 9.17) is 42.6 Å². The van der Waals surface area contributed by atoms with Crippen LogP contribution in [0.3, 0.4) is 0 Å². The molecule has 7 rings (SSSR count). The van der Waals surface area contributed by atoms with Gasteiger partial charge in [0.1, 0.15) is 18.3 Å². The van der Waals surface area contributed by atoms with Gasteiger partial charge in [-0.1, -0.05) is 76.6 Å². The van der Waals surface area contributed by atoms with Crippen LogP contribution in [0.25, 0.3) is 0 Å². The van der Waals surface area contributed by atoms with Crippen molar-refractivity contribution in [1.82, 2.24) is 5.32 Å². The number of fused-ring (bicyclic) bond motifs is 2. The van der Waals surface area contributed by atoms with Gasteiger partial charge in [0.25, 0.3) is 0 Å². The third-order valence-electron chi connectivity index (χ3n) is 15.5. The van der Waals surface area contributed by atoms with Crippen molar-refractivity contribution in [3.05, 3.63) is 71.9 Å². The quantitative estimate of drug-likeness (QED) is 0.142. The first-order chi connectivity index (χ1) is 31.0. The second kappa shape index (κ2) is 21.4. The lowest BCUT2D eigenvalue weighted by Gasteiger charge is -2.48. The van der Waals surface area contributed by atoms with Crippen molar-refractivity contribution in [3.63, 3.8) is 0 Å². The Morgan fingerprint density at radius 1 is 1.00 bits per heavy atom. The molecule has 0 aromatic rings. The summed E-state index contributed by atoms with van der Waals surface area (Å²) in [5.41, 5.74) is 2.00. The molecule has 364 valence electrons. The molecule has 7 aliphatic rings. The number of hydrogen-bond donors (Lipinski definition) is 3. The fourth-order valence-electron chi connectivity index (χ4n) is 11.0. The van der Waals surface area contributed by atoms with E-state index in [1.54, 1.807) is 13.2 Å². The zero-order valence-corrected chi connectivity index (χ0v) is 40.6. The van der Waals surface area contributed by atoms with Crippen molar-refractivity contribution >= 4 is 5.97 Å². The molecule has 13 heteroatoms. The molecule has 0 saturated carbocycles. The minimum Gasteiger partial charge on any atom is -0.462 e. The molecule has 4 saturated heterocycles. The summed E-state index contributed by atoms with van der Waals surface area (Å²) in [5, 5.41) is 25.8. The average molecular weight is 910 g/mol. The van der Waals surface area contributed by atoms with E-state index >= 15 is 0 Å². The third-order valence-corrected chi connectivity index (χ3v) is 15.5. The lowest BCUT2D eigenvalue weighted by molar-refractivity contribution is -0.316. The van der Waals surface area contributed by atoms with E-state index in [1.807, 2.05) is 52.0 Å². The van der Waals surface area contributed by atoms with E-state index in [9.17, 15) is 15.0 Å².